The van der Waals surface area contributed by atoms with Gasteiger partial charge in [-0.05, 0) is 35.1 Å². The molecule has 0 amide bonds. The smallest absolute Gasteiger partial charge is 0.153 e. The maximum absolute atomic E-state index is 11.2. The van der Waals surface area contributed by atoms with E-state index in [1.165, 1.54) is 5.56 Å². The molecule has 116 valence electrons. The van der Waals surface area contributed by atoms with Crippen LogP contribution in [0.5, 0.6) is 5.75 Å². The first kappa shape index (κ1) is 16.3. The molecule has 22 heavy (non-hydrogen) atoms. The van der Waals surface area contributed by atoms with Gasteiger partial charge in [0, 0.05) is 5.41 Å². The highest BCUT2D eigenvalue weighted by atomic mass is 16.3. The first-order valence-electron chi connectivity index (χ1n) is 7.78. The van der Waals surface area contributed by atoms with Gasteiger partial charge in [-0.1, -0.05) is 64.1 Å². The molecule has 2 aromatic carbocycles. The largest absolute Gasteiger partial charge is 0.507 e. The van der Waals surface area contributed by atoms with Crippen LogP contribution in [0, 0.1) is 11.8 Å². The summed E-state index contributed by atoms with van der Waals surface area (Å²) >= 11 is 0. The van der Waals surface area contributed by atoms with E-state index in [1.807, 2.05) is 18.2 Å². The molecule has 0 atom stereocenters. The molecule has 0 heterocycles. The van der Waals surface area contributed by atoms with Crippen LogP contribution in [0.25, 0.3) is 0 Å². The number of aldehydes is 1. The van der Waals surface area contributed by atoms with E-state index in [4.69, 9.17) is 0 Å². The minimum atomic E-state index is -0.202. The zero-order valence-corrected chi connectivity index (χ0v) is 13.7. The van der Waals surface area contributed by atoms with E-state index in [0.29, 0.717) is 17.4 Å². The van der Waals surface area contributed by atoms with Crippen LogP contribution < -0.4 is 0 Å². The zero-order valence-electron chi connectivity index (χ0n) is 13.7. The molecule has 0 aliphatic rings. The van der Waals surface area contributed by atoms with Gasteiger partial charge in [-0.15, -0.1) is 0 Å². The average Bonchev–Trinajstić information content (AvgIpc) is 2.50. The summed E-state index contributed by atoms with van der Waals surface area (Å²) in [6.45, 7) is 8.84. The summed E-state index contributed by atoms with van der Waals surface area (Å²) in [5.74, 6) is 0.728. The summed E-state index contributed by atoms with van der Waals surface area (Å²) in [6.07, 6.45) is 0.718. The van der Waals surface area contributed by atoms with E-state index in [2.05, 4.69) is 52.0 Å². The molecule has 0 saturated carbocycles. The molecular weight excluding hydrogens is 272 g/mol. The Hall–Kier alpha value is -2.09. The second-order valence-corrected chi connectivity index (χ2v) is 6.44. The number of phenols is 1. The highest BCUT2D eigenvalue weighted by Gasteiger charge is 2.40. The van der Waals surface area contributed by atoms with E-state index in [1.54, 1.807) is 6.07 Å². The predicted octanol–water partition coefficient (Wildman–Crippen LogP) is 4.80. The number of carbonyl (C=O) groups is 1. The van der Waals surface area contributed by atoms with Crippen molar-refractivity contribution in [2.75, 3.05) is 0 Å². The molecule has 1 N–H and O–H groups in total. The molecule has 0 saturated heterocycles. The summed E-state index contributed by atoms with van der Waals surface area (Å²) < 4.78 is 0. The quantitative estimate of drug-likeness (QED) is 0.804. The molecule has 0 fully saturated rings. The molecule has 2 rings (SSSR count). The van der Waals surface area contributed by atoms with Crippen LogP contribution in [0.15, 0.2) is 48.5 Å². The molecule has 0 aliphatic carbocycles. The normalized spacial score (nSPS) is 11.9. The number of phenolic OH excluding ortho intramolecular Hbond substituents is 1. The Kier molecular flexibility index (Phi) is 4.70. The Morgan fingerprint density at radius 1 is 0.909 bits per heavy atom. The molecule has 0 unspecified atom stereocenters. The van der Waals surface area contributed by atoms with Crippen molar-refractivity contribution in [3.63, 3.8) is 0 Å². The summed E-state index contributed by atoms with van der Waals surface area (Å²) in [4.78, 5) is 11.2. The van der Waals surface area contributed by atoms with Crippen LogP contribution in [-0.2, 0) is 5.41 Å². The van der Waals surface area contributed by atoms with E-state index in [0.717, 1.165) is 11.8 Å². The van der Waals surface area contributed by atoms with E-state index in [-0.39, 0.29) is 11.2 Å². The van der Waals surface area contributed by atoms with Crippen LogP contribution in [0.3, 0.4) is 0 Å². The monoisotopic (exact) mass is 296 g/mol. The van der Waals surface area contributed by atoms with Crippen LogP contribution in [0.4, 0.5) is 0 Å². The Morgan fingerprint density at radius 2 is 1.50 bits per heavy atom. The minimum Gasteiger partial charge on any atom is -0.507 e. The summed E-state index contributed by atoms with van der Waals surface area (Å²) in [6, 6.07) is 15.8. The van der Waals surface area contributed by atoms with Gasteiger partial charge in [-0.25, -0.2) is 0 Å². The van der Waals surface area contributed by atoms with Crippen molar-refractivity contribution in [1.29, 1.82) is 0 Å². The minimum absolute atomic E-state index is 0.0354. The Bertz CT molecular complexity index is 634. The third kappa shape index (κ3) is 2.54. The van der Waals surface area contributed by atoms with E-state index >= 15 is 0 Å². The van der Waals surface area contributed by atoms with Crippen molar-refractivity contribution in [2.45, 2.75) is 33.1 Å². The molecule has 0 bridgehead atoms. The summed E-state index contributed by atoms with van der Waals surface area (Å²) in [5.41, 5.74) is 2.46. The molecule has 0 spiro atoms. The molecule has 0 radical (unpaired) electrons. The van der Waals surface area contributed by atoms with Crippen LogP contribution in [-0.4, -0.2) is 11.4 Å². The van der Waals surface area contributed by atoms with Gasteiger partial charge in [-0.3, -0.25) is 4.79 Å². The molecule has 0 aliphatic heterocycles. The molecule has 2 heteroatoms. The number of aromatic hydroxyl groups is 1. The van der Waals surface area contributed by atoms with Gasteiger partial charge in [-0.2, -0.15) is 0 Å². The fraction of sp³-hybridized carbons (Fsp3) is 0.350. The molecule has 2 nitrogen and oxygen atoms in total. The first-order chi connectivity index (χ1) is 10.4. The number of rotatable bonds is 5. The second kappa shape index (κ2) is 6.35. The van der Waals surface area contributed by atoms with Gasteiger partial charge in [0.1, 0.15) is 5.75 Å². The van der Waals surface area contributed by atoms with Gasteiger partial charge >= 0.3 is 0 Å². The Morgan fingerprint density at radius 3 is 2.00 bits per heavy atom. The van der Waals surface area contributed by atoms with Gasteiger partial charge in [0.2, 0.25) is 0 Å². The van der Waals surface area contributed by atoms with Crippen LogP contribution >= 0.6 is 0 Å². The third-order valence-electron chi connectivity index (χ3n) is 4.70. The van der Waals surface area contributed by atoms with Crippen molar-refractivity contribution in [3.05, 3.63) is 65.2 Å². The van der Waals surface area contributed by atoms with Gasteiger partial charge in [0.25, 0.3) is 0 Å². The van der Waals surface area contributed by atoms with E-state index < -0.39 is 0 Å². The predicted molar refractivity (Wildman–Crippen MR) is 90.4 cm³/mol. The maximum Gasteiger partial charge on any atom is 0.153 e. The van der Waals surface area contributed by atoms with Crippen molar-refractivity contribution >= 4 is 6.29 Å². The standard InChI is InChI=1S/C20H24O2/c1-14(2)20(15(3)4,17-8-6-5-7-9-17)18-10-11-19(22)16(12-18)13-21/h5-15,22H,1-4H3. The topological polar surface area (TPSA) is 37.3 Å². The average molecular weight is 296 g/mol. The van der Waals surface area contributed by atoms with Crippen LogP contribution in [0.2, 0.25) is 0 Å². The molecule has 0 aromatic heterocycles. The molecule has 2 aromatic rings. The summed E-state index contributed by atoms with van der Waals surface area (Å²) in [7, 11) is 0. The fourth-order valence-corrected chi connectivity index (χ4v) is 3.79. The van der Waals surface area contributed by atoms with Crippen molar-refractivity contribution in [3.8, 4) is 5.75 Å². The lowest BCUT2D eigenvalue weighted by Crippen LogP contribution is -2.39. The lowest BCUT2D eigenvalue weighted by atomic mass is 9.60. The highest BCUT2D eigenvalue weighted by Crippen LogP contribution is 2.46. The zero-order chi connectivity index (χ0) is 16.3. The Balaban J connectivity index is 2.76. The van der Waals surface area contributed by atoms with Gasteiger partial charge in [0.05, 0.1) is 5.56 Å². The number of benzene rings is 2. The summed E-state index contributed by atoms with van der Waals surface area (Å²) in [5, 5.41) is 9.82. The number of hydrogen-bond donors (Lipinski definition) is 1. The third-order valence-corrected chi connectivity index (χ3v) is 4.70. The number of carbonyl (C=O) groups excluding carboxylic acids is 1. The maximum atomic E-state index is 11.2. The lowest BCUT2D eigenvalue weighted by Gasteiger charge is -2.43. The van der Waals surface area contributed by atoms with Crippen molar-refractivity contribution < 1.29 is 9.90 Å². The van der Waals surface area contributed by atoms with E-state index in [9.17, 15) is 9.90 Å². The number of hydrogen-bond acceptors (Lipinski definition) is 2. The Labute approximate surface area is 132 Å². The van der Waals surface area contributed by atoms with Gasteiger partial charge < -0.3 is 5.11 Å². The van der Waals surface area contributed by atoms with Crippen molar-refractivity contribution in [1.82, 2.24) is 0 Å². The second-order valence-electron chi connectivity index (χ2n) is 6.44. The first-order valence-corrected chi connectivity index (χ1v) is 7.78. The van der Waals surface area contributed by atoms with Crippen LogP contribution in [0.1, 0.15) is 49.2 Å². The SMILES string of the molecule is CC(C)C(c1ccccc1)(c1ccc(O)c(C=O)c1)C(C)C. The highest BCUT2D eigenvalue weighted by molar-refractivity contribution is 5.79. The molecular formula is C20H24O2. The van der Waals surface area contributed by atoms with Crippen molar-refractivity contribution in [2.24, 2.45) is 11.8 Å². The fourth-order valence-electron chi connectivity index (χ4n) is 3.79. The lowest BCUT2D eigenvalue weighted by molar-refractivity contribution is 0.112. The van der Waals surface area contributed by atoms with Gasteiger partial charge in [0.15, 0.2) is 6.29 Å².